The van der Waals surface area contributed by atoms with E-state index >= 15 is 0 Å². The molecule has 2 amide bonds. The number of carbonyl (C=O) groups excluding carboxylic acids is 1. The van der Waals surface area contributed by atoms with Gasteiger partial charge in [-0.2, -0.15) is 5.10 Å². The Kier molecular flexibility index (Phi) is 5.20. The van der Waals surface area contributed by atoms with E-state index in [1.54, 1.807) is 17.8 Å². The lowest BCUT2D eigenvalue weighted by atomic mass is 10.1. The maximum absolute atomic E-state index is 13.8. The Labute approximate surface area is 169 Å². The number of nitrogens with one attached hydrogen (secondary N) is 2. The van der Waals surface area contributed by atoms with Gasteiger partial charge in [-0.3, -0.25) is 5.32 Å². The van der Waals surface area contributed by atoms with Crippen molar-refractivity contribution in [1.29, 1.82) is 0 Å². The van der Waals surface area contributed by atoms with Crippen molar-refractivity contribution in [1.82, 2.24) is 9.78 Å². The number of amides is 2. The Hall–Kier alpha value is -3.35. The number of aryl methyl sites for hydroxylation is 2. The van der Waals surface area contributed by atoms with Crippen molar-refractivity contribution in [3.05, 3.63) is 59.9 Å². The molecule has 0 bridgehead atoms. The molecule has 4 rings (SSSR count). The molecule has 1 aromatic heterocycles. The maximum atomic E-state index is 13.8. The SMILES string of the molecule is Cc1cccc(NC(=O)Nc2c(N3CCCC3)c(-c3cccc(F)c3)nn2C)c1. The summed E-state index contributed by atoms with van der Waals surface area (Å²) < 4.78 is 15.5. The minimum Gasteiger partial charge on any atom is -0.367 e. The lowest BCUT2D eigenvalue weighted by molar-refractivity contribution is 0.262. The molecule has 0 atom stereocenters. The Morgan fingerprint density at radius 2 is 1.83 bits per heavy atom. The molecule has 0 spiro atoms. The molecule has 0 radical (unpaired) electrons. The van der Waals surface area contributed by atoms with Crippen molar-refractivity contribution in [2.45, 2.75) is 19.8 Å². The summed E-state index contributed by atoms with van der Waals surface area (Å²) in [5.74, 6) is 0.281. The van der Waals surface area contributed by atoms with E-state index in [1.807, 2.05) is 37.3 Å². The summed E-state index contributed by atoms with van der Waals surface area (Å²) in [6, 6.07) is 13.7. The largest absolute Gasteiger partial charge is 0.367 e. The lowest BCUT2D eigenvalue weighted by Crippen LogP contribution is -2.24. The van der Waals surface area contributed by atoms with Crippen LogP contribution in [0.25, 0.3) is 11.3 Å². The molecule has 0 saturated carbocycles. The predicted molar refractivity (Wildman–Crippen MR) is 114 cm³/mol. The van der Waals surface area contributed by atoms with E-state index in [4.69, 9.17) is 0 Å². The van der Waals surface area contributed by atoms with Gasteiger partial charge >= 0.3 is 6.03 Å². The van der Waals surface area contributed by atoms with Gasteiger partial charge in [-0.25, -0.2) is 13.9 Å². The van der Waals surface area contributed by atoms with Crippen LogP contribution in [0, 0.1) is 12.7 Å². The number of hydrogen-bond donors (Lipinski definition) is 2. The fraction of sp³-hybridized carbons (Fsp3) is 0.273. The number of nitrogens with zero attached hydrogens (tertiary/aromatic N) is 3. The van der Waals surface area contributed by atoms with Crippen molar-refractivity contribution in [2.75, 3.05) is 28.6 Å². The van der Waals surface area contributed by atoms with E-state index in [9.17, 15) is 9.18 Å². The third-order valence-corrected chi connectivity index (χ3v) is 5.05. The average Bonchev–Trinajstić information content (AvgIpc) is 3.30. The molecule has 1 aliphatic rings. The number of hydrogen-bond acceptors (Lipinski definition) is 3. The summed E-state index contributed by atoms with van der Waals surface area (Å²) in [6.07, 6.45) is 2.15. The van der Waals surface area contributed by atoms with Gasteiger partial charge in [0.05, 0.1) is 0 Å². The summed E-state index contributed by atoms with van der Waals surface area (Å²) in [7, 11) is 1.78. The molecule has 0 unspecified atom stereocenters. The zero-order valence-corrected chi connectivity index (χ0v) is 16.6. The van der Waals surface area contributed by atoms with Gasteiger partial charge in [0.25, 0.3) is 0 Å². The van der Waals surface area contributed by atoms with E-state index < -0.39 is 0 Å². The first kappa shape index (κ1) is 19.0. The molecule has 0 aliphatic carbocycles. The minimum absolute atomic E-state index is 0.313. The minimum atomic E-state index is -0.343. The Balaban J connectivity index is 1.68. The highest BCUT2D eigenvalue weighted by Gasteiger charge is 2.26. The quantitative estimate of drug-likeness (QED) is 0.671. The maximum Gasteiger partial charge on any atom is 0.324 e. The zero-order valence-electron chi connectivity index (χ0n) is 16.6. The van der Waals surface area contributed by atoms with Crippen LogP contribution >= 0.6 is 0 Å². The Morgan fingerprint density at radius 1 is 1.07 bits per heavy atom. The van der Waals surface area contributed by atoms with Gasteiger partial charge in [0.1, 0.15) is 17.2 Å². The Bertz CT molecular complexity index is 1040. The molecule has 1 fully saturated rings. The number of urea groups is 1. The van der Waals surface area contributed by atoms with Crippen molar-refractivity contribution in [3.63, 3.8) is 0 Å². The Morgan fingerprint density at radius 3 is 2.55 bits per heavy atom. The zero-order chi connectivity index (χ0) is 20.4. The first-order valence-electron chi connectivity index (χ1n) is 9.74. The highest BCUT2D eigenvalue weighted by Crippen LogP contribution is 2.38. The summed E-state index contributed by atoms with van der Waals surface area (Å²) in [5, 5.41) is 10.4. The summed E-state index contributed by atoms with van der Waals surface area (Å²) in [6.45, 7) is 3.73. The molecule has 1 saturated heterocycles. The van der Waals surface area contributed by atoms with E-state index in [2.05, 4.69) is 20.6 Å². The number of benzene rings is 2. The lowest BCUT2D eigenvalue weighted by Gasteiger charge is -2.20. The van der Waals surface area contributed by atoms with Crippen LogP contribution in [0.2, 0.25) is 0 Å². The molecule has 29 heavy (non-hydrogen) atoms. The fourth-order valence-corrected chi connectivity index (χ4v) is 3.72. The fourth-order valence-electron chi connectivity index (χ4n) is 3.72. The molecule has 7 heteroatoms. The molecule has 150 valence electrons. The van der Waals surface area contributed by atoms with E-state index in [-0.39, 0.29) is 11.8 Å². The van der Waals surface area contributed by atoms with Crippen LogP contribution in [0.1, 0.15) is 18.4 Å². The number of halogens is 1. The molecular formula is C22H24FN5O. The second-order valence-electron chi connectivity index (χ2n) is 7.32. The second-order valence-corrected chi connectivity index (χ2v) is 7.32. The summed E-state index contributed by atoms with van der Waals surface area (Å²) in [4.78, 5) is 14.9. The van der Waals surface area contributed by atoms with Crippen LogP contribution in [0.4, 0.5) is 26.4 Å². The second kappa shape index (κ2) is 7.95. The van der Waals surface area contributed by atoms with E-state index in [0.717, 1.165) is 42.9 Å². The molecule has 2 aromatic carbocycles. The van der Waals surface area contributed by atoms with Gasteiger partial charge in [-0.05, 0) is 49.6 Å². The first-order chi connectivity index (χ1) is 14.0. The van der Waals surface area contributed by atoms with Crippen molar-refractivity contribution in [2.24, 2.45) is 7.05 Å². The summed E-state index contributed by atoms with van der Waals surface area (Å²) in [5.41, 5.74) is 3.97. The third-order valence-electron chi connectivity index (χ3n) is 5.05. The molecular weight excluding hydrogens is 369 g/mol. The van der Waals surface area contributed by atoms with E-state index in [0.29, 0.717) is 17.1 Å². The van der Waals surface area contributed by atoms with Gasteiger partial charge in [0.2, 0.25) is 0 Å². The highest BCUT2D eigenvalue weighted by molar-refractivity contribution is 6.02. The smallest absolute Gasteiger partial charge is 0.324 e. The number of rotatable bonds is 4. The topological polar surface area (TPSA) is 62.2 Å². The van der Waals surface area contributed by atoms with Crippen LogP contribution in [0.3, 0.4) is 0 Å². The summed E-state index contributed by atoms with van der Waals surface area (Å²) >= 11 is 0. The van der Waals surface area contributed by atoms with Crippen LogP contribution in [-0.4, -0.2) is 28.9 Å². The first-order valence-corrected chi connectivity index (χ1v) is 9.74. The number of aromatic nitrogens is 2. The van der Waals surface area contributed by atoms with Crippen molar-refractivity contribution < 1.29 is 9.18 Å². The van der Waals surface area contributed by atoms with Crippen LogP contribution in [0.5, 0.6) is 0 Å². The normalized spacial score (nSPS) is 13.6. The third kappa shape index (κ3) is 4.08. The van der Waals surface area contributed by atoms with Crippen LogP contribution in [0.15, 0.2) is 48.5 Å². The van der Waals surface area contributed by atoms with Gasteiger partial charge in [0.15, 0.2) is 5.82 Å². The number of carbonyl (C=O) groups is 1. The van der Waals surface area contributed by atoms with E-state index in [1.165, 1.54) is 12.1 Å². The van der Waals surface area contributed by atoms with Crippen molar-refractivity contribution in [3.8, 4) is 11.3 Å². The molecule has 3 aromatic rings. The monoisotopic (exact) mass is 393 g/mol. The predicted octanol–water partition coefficient (Wildman–Crippen LogP) is 4.78. The highest BCUT2D eigenvalue weighted by atomic mass is 19.1. The van der Waals surface area contributed by atoms with Gasteiger partial charge < -0.3 is 10.2 Å². The number of anilines is 3. The van der Waals surface area contributed by atoms with Gasteiger partial charge in [0, 0.05) is 31.4 Å². The van der Waals surface area contributed by atoms with Crippen LogP contribution in [-0.2, 0) is 7.05 Å². The van der Waals surface area contributed by atoms with Crippen molar-refractivity contribution >= 4 is 23.2 Å². The standard InChI is InChI=1S/C22H24FN5O/c1-15-7-5-10-18(13-15)24-22(29)25-21-20(28-11-3-4-12-28)19(26-27(21)2)16-8-6-9-17(23)14-16/h5-10,13-14H,3-4,11-12H2,1-2H3,(H2,24,25,29). The molecule has 2 N–H and O–H groups in total. The average molecular weight is 393 g/mol. The van der Waals surface area contributed by atoms with Crippen LogP contribution < -0.4 is 15.5 Å². The van der Waals surface area contributed by atoms with Gasteiger partial charge in [-0.1, -0.05) is 24.3 Å². The molecule has 1 aliphatic heterocycles. The molecule has 2 heterocycles. The van der Waals surface area contributed by atoms with Gasteiger partial charge in [-0.15, -0.1) is 0 Å². The molecule has 6 nitrogen and oxygen atoms in total.